The zero-order chi connectivity index (χ0) is 18.2. The van der Waals surface area contributed by atoms with E-state index in [1.807, 2.05) is 23.1 Å². The molecule has 7 nitrogen and oxygen atoms in total. The van der Waals surface area contributed by atoms with Crippen LogP contribution in [-0.2, 0) is 11.3 Å². The van der Waals surface area contributed by atoms with Crippen LogP contribution in [0.2, 0.25) is 0 Å². The first kappa shape index (κ1) is 18.9. The fraction of sp³-hybridized carbons (Fsp3) is 0.556. The van der Waals surface area contributed by atoms with E-state index in [1.165, 1.54) is 0 Å². The Morgan fingerprint density at radius 3 is 2.40 bits per heavy atom. The smallest absolute Gasteiger partial charge is 0.219 e. The largest absolute Gasteiger partial charge is 0.497 e. The van der Waals surface area contributed by atoms with Gasteiger partial charge in [-0.25, -0.2) is 4.99 Å². The van der Waals surface area contributed by atoms with E-state index in [0.717, 1.165) is 55.7 Å². The zero-order valence-corrected chi connectivity index (χ0v) is 15.5. The summed E-state index contributed by atoms with van der Waals surface area (Å²) in [6, 6.07) is 5.74. The van der Waals surface area contributed by atoms with Gasteiger partial charge in [-0.2, -0.15) is 0 Å². The van der Waals surface area contributed by atoms with Gasteiger partial charge in [0.2, 0.25) is 5.91 Å². The second-order valence-corrected chi connectivity index (χ2v) is 5.84. The number of guanidine groups is 1. The fourth-order valence-electron chi connectivity index (χ4n) is 2.80. The quantitative estimate of drug-likeness (QED) is 0.642. The molecule has 1 aromatic rings. The van der Waals surface area contributed by atoms with Crippen molar-refractivity contribution < 1.29 is 14.3 Å². The van der Waals surface area contributed by atoms with E-state index < -0.39 is 0 Å². The molecule has 0 saturated carbocycles. The Bertz CT molecular complexity index is 610. The van der Waals surface area contributed by atoms with Gasteiger partial charge in [-0.15, -0.1) is 0 Å². The van der Waals surface area contributed by atoms with Crippen LogP contribution in [0.25, 0.3) is 0 Å². The summed E-state index contributed by atoms with van der Waals surface area (Å²) in [4.78, 5) is 20.3. The summed E-state index contributed by atoms with van der Waals surface area (Å²) in [5.41, 5.74) is 1.00. The lowest BCUT2D eigenvalue weighted by Crippen LogP contribution is -2.53. The van der Waals surface area contributed by atoms with Gasteiger partial charge < -0.3 is 24.6 Å². The predicted molar refractivity (Wildman–Crippen MR) is 98.2 cm³/mol. The number of piperazine rings is 1. The van der Waals surface area contributed by atoms with Crippen LogP contribution in [0, 0.1) is 0 Å². The molecular weight excluding hydrogens is 320 g/mol. The van der Waals surface area contributed by atoms with Gasteiger partial charge in [0.05, 0.1) is 20.8 Å². The normalized spacial score (nSPS) is 15.1. The number of hydrogen-bond acceptors (Lipinski definition) is 4. The van der Waals surface area contributed by atoms with E-state index in [0.29, 0.717) is 6.54 Å². The Kier molecular flexibility index (Phi) is 6.91. The number of carbonyl (C=O) groups excluding carboxylic acids is 1. The molecule has 0 unspecified atom stereocenters. The number of aliphatic imine (C=N–C) groups is 1. The van der Waals surface area contributed by atoms with Crippen LogP contribution in [0.1, 0.15) is 19.4 Å². The zero-order valence-electron chi connectivity index (χ0n) is 15.5. The first-order chi connectivity index (χ1) is 12.1. The summed E-state index contributed by atoms with van der Waals surface area (Å²) in [6.07, 6.45) is 0. The average molecular weight is 348 g/mol. The second-order valence-electron chi connectivity index (χ2n) is 5.84. The van der Waals surface area contributed by atoms with E-state index in [1.54, 1.807) is 21.1 Å². The summed E-state index contributed by atoms with van der Waals surface area (Å²) in [7, 11) is 3.28. The third-order valence-corrected chi connectivity index (χ3v) is 4.25. The van der Waals surface area contributed by atoms with Crippen molar-refractivity contribution in [2.75, 3.05) is 46.9 Å². The van der Waals surface area contributed by atoms with E-state index >= 15 is 0 Å². The highest BCUT2D eigenvalue weighted by Crippen LogP contribution is 2.25. The minimum Gasteiger partial charge on any atom is -0.497 e. The Morgan fingerprint density at radius 1 is 1.16 bits per heavy atom. The number of nitrogens with one attached hydrogen (secondary N) is 1. The molecule has 0 aromatic heterocycles. The molecule has 25 heavy (non-hydrogen) atoms. The number of hydrogen-bond donors (Lipinski definition) is 1. The van der Waals surface area contributed by atoms with Gasteiger partial charge in [-0.1, -0.05) is 0 Å². The van der Waals surface area contributed by atoms with Crippen LogP contribution < -0.4 is 14.8 Å². The molecule has 0 bridgehead atoms. The molecule has 1 saturated heterocycles. The SMILES string of the molecule is CCNC(=NCc1ccc(OC)cc1OC)N1CCN(C(C)=O)CC1. The average Bonchev–Trinajstić information content (AvgIpc) is 2.65. The van der Waals surface area contributed by atoms with E-state index in [-0.39, 0.29) is 5.91 Å². The summed E-state index contributed by atoms with van der Waals surface area (Å²) >= 11 is 0. The monoisotopic (exact) mass is 348 g/mol. The van der Waals surface area contributed by atoms with Crippen LogP contribution in [0.4, 0.5) is 0 Å². The van der Waals surface area contributed by atoms with Gasteiger partial charge in [0, 0.05) is 51.3 Å². The summed E-state index contributed by atoms with van der Waals surface area (Å²) in [5, 5.41) is 3.33. The Labute approximate surface area is 149 Å². The van der Waals surface area contributed by atoms with Gasteiger partial charge in [-0.3, -0.25) is 4.79 Å². The molecule has 1 amide bonds. The molecule has 0 atom stereocenters. The maximum atomic E-state index is 11.5. The van der Waals surface area contributed by atoms with Gasteiger partial charge in [-0.05, 0) is 19.1 Å². The molecule has 1 heterocycles. The number of carbonyl (C=O) groups is 1. The standard InChI is InChI=1S/C18H28N4O3/c1-5-19-18(22-10-8-21(9-11-22)14(2)23)20-13-15-6-7-16(24-3)12-17(15)25-4/h6-7,12H,5,8-11,13H2,1-4H3,(H,19,20). The molecule has 2 rings (SSSR count). The molecular formula is C18H28N4O3. The number of benzene rings is 1. The first-order valence-electron chi connectivity index (χ1n) is 8.58. The molecule has 1 aliphatic heterocycles. The van der Waals surface area contributed by atoms with Crippen LogP contribution >= 0.6 is 0 Å². The van der Waals surface area contributed by atoms with Crippen molar-refractivity contribution >= 4 is 11.9 Å². The molecule has 7 heteroatoms. The van der Waals surface area contributed by atoms with Crippen molar-refractivity contribution in [3.05, 3.63) is 23.8 Å². The van der Waals surface area contributed by atoms with E-state index in [9.17, 15) is 4.79 Å². The van der Waals surface area contributed by atoms with Crippen molar-refractivity contribution in [1.29, 1.82) is 0 Å². The van der Waals surface area contributed by atoms with Gasteiger partial charge >= 0.3 is 0 Å². The van der Waals surface area contributed by atoms with Crippen LogP contribution in [0.15, 0.2) is 23.2 Å². The number of ether oxygens (including phenoxy) is 2. The second kappa shape index (κ2) is 9.15. The highest BCUT2D eigenvalue weighted by atomic mass is 16.5. The predicted octanol–water partition coefficient (Wildman–Crippen LogP) is 1.33. The molecule has 1 N–H and O–H groups in total. The molecule has 138 valence electrons. The lowest BCUT2D eigenvalue weighted by Gasteiger charge is -2.36. The van der Waals surface area contributed by atoms with Gasteiger partial charge in [0.15, 0.2) is 5.96 Å². The molecule has 1 aromatic carbocycles. The maximum absolute atomic E-state index is 11.5. The lowest BCUT2D eigenvalue weighted by molar-refractivity contribution is -0.130. The highest BCUT2D eigenvalue weighted by molar-refractivity contribution is 5.80. The number of rotatable bonds is 5. The van der Waals surface area contributed by atoms with E-state index in [2.05, 4.69) is 17.1 Å². The third kappa shape index (κ3) is 5.01. The first-order valence-corrected chi connectivity index (χ1v) is 8.58. The summed E-state index contributed by atoms with van der Waals surface area (Å²) in [5.74, 6) is 2.52. The van der Waals surface area contributed by atoms with Crippen LogP contribution in [0.3, 0.4) is 0 Å². The topological polar surface area (TPSA) is 66.4 Å². The summed E-state index contributed by atoms with van der Waals surface area (Å²) < 4.78 is 10.7. The summed E-state index contributed by atoms with van der Waals surface area (Å²) in [6.45, 7) is 8.00. The number of methoxy groups -OCH3 is 2. The van der Waals surface area contributed by atoms with Gasteiger partial charge in [0.1, 0.15) is 11.5 Å². The number of nitrogens with zero attached hydrogens (tertiary/aromatic N) is 3. The van der Waals surface area contributed by atoms with Crippen molar-refractivity contribution in [2.24, 2.45) is 4.99 Å². The third-order valence-electron chi connectivity index (χ3n) is 4.25. The van der Waals surface area contributed by atoms with E-state index in [4.69, 9.17) is 14.5 Å². The minimum absolute atomic E-state index is 0.129. The Hall–Kier alpha value is -2.44. The van der Waals surface area contributed by atoms with Crippen molar-refractivity contribution in [3.8, 4) is 11.5 Å². The molecule has 0 radical (unpaired) electrons. The molecule has 0 aliphatic carbocycles. The maximum Gasteiger partial charge on any atom is 0.219 e. The highest BCUT2D eigenvalue weighted by Gasteiger charge is 2.20. The van der Waals surface area contributed by atoms with Crippen molar-refractivity contribution in [3.63, 3.8) is 0 Å². The Balaban J connectivity index is 2.09. The molecule has 0 spiro atoms. The molecule has 1 fully saturated rings. The van der Waals surface area contributed by atoms with Gasteiger partial charge in [0.25, 0.3) is 0 Å². The van der Waals surface area contributed by atoms with Crippen LogP contribution in [0.5, 0.6) is 11.5 Å². The molecule has 1 aliphatic rings. The van der Waals surface area contributed by atoms with Crippen LogP contribution in [-0.4, -0.2) is 68.6 Å². The number of amides is 1. The minimum atomic E-state index is 0.129. The Morgan fingerprint density at radius 2 is 1.84 bits per heavy atom. The van der Waals surface area contributed by atoms with Crippen molar-refractivity contribution in [2.45, 2.75) is 20.4 Å². The van der Waals surface area contributed by atoms with Crippen molar-refractivity contribution in [1.82, 2.24) is 15.1 Å². The fourth-order valence-corrected chi connectivity index (χ4v) is 2.80. The lowest BCUT2D eigenvalue weighted by atomic mass is 10.2.